The monoisotopic (exact) mass is 236 g/mol. The second-order valence-corrected chi connectivity index (χ2v) is 6.11. The molecule has 0 spiro atoms. The van der Waals surface area contributed by atoms with Crippen LogP contribution >= 0.6 is 0 Å². The van der Waals surface area contributed by atoms with Gasteiger partial charge in [0.1, 0.15) is 0 Å². The van der Waals surface area contributed by atoms with Crippen LogP contribution in [-0.4, -0.2) is 68.3 Å². The van der Waals surface area contributed by atoms with Crippen LogP contribution in [0.15, 0.2) is 0 Å². The van der Waals surface area contributed by atoms with Crippen LogP contribution in [0.2, 0.25) is 0 Å². The maximum absolute atomic E-state index is 11.5. The summed E-state index contributed by atoms with van der Waals surface area (Å²) >= 11 is 0. The van der Waals surface area contributed by atoms with E-state index in [1.54, 1.807) is 7.05 Å². The molecule has 1 N–H and O–H groups in total. The predicted molar refractivity (Wildman–Crippen MR) is 59.2 cm³/mol. The highest BCUT2D eigenvalue weighted by Crippen LogP contribution is 2.07. The Kier molecular flexibility index (Phi) is 4.98. The van der Waals surface area contributed by atoms with Gasteiger partial charge in [-0.25, -0.2) is 12.7 Å². The maximum atomic E-state index is 11.5. The minimum atomic E-state index is -3.25. The first kappa shape index (κ1) is 12.9. The molecule has 1 heterocycles. The third-order valence-corrected chi connectivity index (χ3v) is 4.58. The molecule has 0 aromatic carbocycles. The molecule has 6 heteroatoms. The van der Waals surface area contributed by atoms with Crippen LogP contribution < -0.4 is 0 Å². The average Bonchev–Trinajstić information content (AvgIpc) is 2.66. The van der Waals surface area contributed by atoms with Gasteiger partial charge in [-0.05, 0) is 25.9 Å². The van der Waals surface area contributed by atoms with Gasteiger partial charge in [-0.1, -0.05) is 0 Å². The Balaban J connectivity index is 2.31. The largest absolute Gasteiger partial charge is 0.395 e. The van der Waals surface area contributed by atoms with E-state index in [4.69, 9.17) is 5.11 Å². The molecule has 1 aliphatic rings. The highest BCUT2D eigenvalue weighted by atomic mass is 32.2. The molecule has 0 aromatic heterocycles. The molecule has 90 valence electrons. The molecule has 0 aliphatic carbocycles. The molecule has 0 radical (unpaired) electrons. The number of hydrogen-bond donors (Lipinski definition) is 1. The van der Waals surface area contributed by atoms with Crippen molar-refractivity contribution in [3.05, 3.63) is 0 Å². The lowest BCUT2D eigenvalue weighted by Crippen LogP contribution is -2.37. The zero-order valence-electron chi connectivity index (χ0n) is 9.22. The van der Waals surface area contributed by atoms with Crippen LogP contribution in [0.5, 0.6) is 0 Å². The number of rotatable bonds is 6. The van der Waals surface area contributed by atoms with E-state index < -0.39 is 10.0 Å². The first-order valence-corrected chi connectivity index (χ1v) is 6.94. The van der Waals surface area contributed by atoms with E-state index in [9.17, 15) is 8.42 Å². The van der Waals surface area contributed by atoms with Crippen molar-refractivity contribution < 1.29 is 13.5 Å². The Hall–Kier alpha value is -0.170. The summed E-state index contributed by atoms with van der Waals surface area (Å²) in [4.78, 5) is 2.27. The summed E-state index contributed by atoms with van der Waals surface area (Å²) in [6, 6.07) is 0. The Morgan fingerprint density at radius 1 is 1.33 bits per heavy atom. The van der Waals surface area contributed by atoms with Crippen molar-refractivity contribution in [2.75, 3.05) is 45.6 Å². The number of likely N-dealkylation sites (tertiary alicyclic amines) is 1. The van der Waals surface area contributed by atoms with Crippen molar-refractivity contribution in [1.82, 2.24) is 9.21 Å². The Morgan fingerprint density at radius 3 is 2.47 bits per heavy atom. The molecule has 5 nitrogen and oxygen atoms in total. The normalized spacial score (nSPS) is 18.9. The SMILES string of the molecule is CN(CCN1CCCC1)S(=O)(=O)CCO. The molecule has 0 amide bonds. The molecule has 0 bridgehead atoms. The third kappa shape index (κ3) is 4.06. The number of sulfonamides is 1. The van der Waals surface area contributed by atoms with Gasteiger partial charge in [0.15, 0.2) is 0 Å². The van der Waals surface area contributed by atoms with E-state index >= 15 is 0 Å². The minimum Gasteiger partial charge on any atom is -0.395 e. The molecule has 0 aromatic rings. The number of aliphatic hydroxyl groups is 1. The third-order valence-electron chi connectivity index (χ3n) is 2.75. The highest BCUT2D eigenvalue weighted by Gasteiger charge is 2.18. The molecule has 15 heavy (non-hydrogen) atoms. The van der Waals surface area contributed by atoms with Crippen LogP contribution in [0, 0.1) is 0 Å². The quantitative estimate of drug-likeness (QED) is 0.665. The smallest absolute Gasteiger partial charge is 0.216 e. The van der Waals surface area contributed by atoms with Gasteiger partial charge < -0.3 is 10.0 Å². The van der Waals surface area contributed by atoms with Gasteiger partial charge in [-0.3, -0.25) is 0 Å². The Labute approximate surface area is 91.7 Å². The molecule has 1 fully saturated rings. The lowest BCUT2D eigenvalue weighted by atomic mass is 10.4. The van der Waals surface area contributed by atoms with E-state index in [1.807, 2.05) is 0 Å². The standard InChI is InChI=1S/C9H20N2O3S/c1-10(15(13,14)9-8-12)6-7-11-4-2-3-5-11/h12H,2-9H2,1H3. The Morgan fingerprint density at radius 2 is 1.93 bits per heavy atom. The van der Waals surface area contributed by atoms with E-state index in [2.05, 4.69) is 4.90 Å². The van der Waals surface area contributed by atoms with Crippen molar-refractivity contribution >= 4 is 10.0 Å². The highest BCUT2D eigenvalue weighted by molar-refractivity contribution is 7.89. The second kappa shape index (κ2) is 5.79. The first-order valence-electron chi connectivity index (χ1n) is 5.33. The van der Waals surface area contributed by atoms with E-state index in [0.29, 0.717) is 6.54 Å². The van der Waals surface area contributed by atoms with Gasteiger partial charge in [-0.2, -0.15) is 0 Å². The zero-order chi connectivity index (χ0) is 11.3. The van der Waals surface area contributed by atoms with Crippen LogP contribution in [-0.2, 0) is 10.0 Å². The summed E-state index contributed by atoms with van der Waals surface area (Å²) in [7, 11) is -1.67. The summed E-state index contributed by atoms with van der Waals surface area (Å²) in [5.74, 6) is -0.177. The fourth-order valence-corrected chi connectivity index (χ4v) is 2.60. The van der Waals surface area contributed by atoms with Crippen LogP contribution in [0.4, 0.5) is 0 Å². The molecule has 1 rings (SSSR count). The zero-order valence-corrected chi connectivity index (χ0v) is 10.0. The maximum Gasteiger partial charge on any atom is 0.216 e. The summed E-state index contributed by atoms with van der Waals surface area (Å²) in [5.41, 5.74) is 0. The summed E-state index contributed by atoms with van der Waals surface area (Å²) < 4.78 is 24.3. The summed E-state index contributed by atoms with van der Waals surface area (Å²) in [6.45, 7) is 3.15. The number of nitrogens with zero attached hydrogens (tertiary/aromatic N) is 2. The van der Waals surface area contributed by atoms with Gasteiger partial charge in [0.05, 0.1) is 12.4 Å². The molecule has 0 saturated carbocycles. The van der Waals surface area contributed by atoms with Crippen molar-refractivity contribution in [3.63, 3.8) is 0 Å². The average molecular weight is 236 g/mol. The molecule has 0 atom stereocenters. The number of hydrogen-bond acceptors (Lipinski definition) is 4. The van der Waals surface area contributed by atoms with Gasteiger partial charge in [-0.15, -0.1) is 0 Å². The minimum absolute atomic E-state index is 0.177. The van der Waals surface area contributed by atoms with Crippen LogP contribution in [0.3, 0.4) is 0 Å². The summed E-state index contributed by atoms with van der Waals surface area (Å²) in [6.07, 6.45) is 2.43. The summed E-state index contributed by atoms with van der Waals surface area (Å²) in [5, 5.41) is 8.61. The van der Waals surface area contributed by atoms with Crippen LogP contribution in [0.25, 0.3) is 0 Å². The number of likely N-dealkylation sites (N-methyl/N-ethyl adjacent to an activating group) is 1. The Bertz CT molecular complexity index is 273. The van der Waals surface area contributed by atoms with Crippen molar-refractivity contribution in [3.8, 4) is 0 Å². The second-order valence-electron chi connectivity index (χ2n) is 3.91. The molecular weight excluding hydrogens is 216 g/mol. The molecular formula is C9H20N2O3S. The molecule has 1 aliphatic heterocycles. The fourth-order valence-electron chi connectivity index (χ4n) is 1.70. The van der Waals surface area contributed by atoms with Crippen molar-refractivity contribution in [2.45, 2.75) is 12.8 Å². The molecule has 1 saturated heterocycles. The van der Waals surface area contributed by atoms with E-state index in [0.717, 1.165) is 19.6 Å². The lowest BCUT2D eigenvalue weighted by Gasteiger charge is -2.20. The lowest BCUT2D eigenvalue weighted by molar-refractivity contribution is 0.301. The topological polar surface area (TPSA) is 60.9 Å². The predicted octanol–water partition coefficient (Wildman–Crippen LogP) is -0.664. The molecule has 0 unspecified atom stereocenters. The van der Waals surface area contributed by atoms with Crippen molar-refractivity contribution in [1.29, 1.82) is 0 Å². The van der Waals surface area contributed by atoms with Gasteiger partial charge in [0.25, 0.3) is 0 Å². The van der Waals surface area contributed by atoms with Gasteiger partial charge >= 0.3 is 0 Å². The van der Waals surface area contributed by atoms with Crippen molar-refractivity contribution in [2.24, 2.45) is 0 Å². The first-order chi connectivity index (χ1) is 7.06. The van der Waals surface area contributed by atoms with Crippen LogP contribution in [0.1, 0.15) is 12.8 Å². The number of aliphatic hydroxyl groups excluding tert-OH is 1. The fraction of sp³-hybridized carbons (Fsp3) is 1.00. The van der Waals surface area contributed by atoms with Gasteiger partial charge in [0, 0.05) is 20.1 Å². The van der Waals surface area contributed by atoms with E-state index in [-0.39, 0.29) is 12.4 Å². The van der Waals surface area contributed by atoms with Gasteiger partial charge in [0.2, 0.25) is 10.0 Å². The van der Waals surface area contributed by atoms with E-state index in [1.165, 1.54) is 17.1 Å².